The fourth-order valence-corrected chi connectivity index (χ4v) is 2.42. The number of hydrogen-bond donors (Lipinski definition) is 1. The number of halogens is 1. The second-order valence-electron chi connectivity index (χ2n) is 6.18. The summed E-state index contributed by atoms with van der Waals surface area (Å²) in [5.74, 6) is 1.21. The van der Waals surface area contributed by atoms with Gasteiger partial charge in [-0.05, 0) is 36.3 Å². The fourth-order valence-electron chi connectivity index (χ4n) is 2.26. The largest absolute Gasteiger partial charge is 0.385 e. The molecule has 1 N–H and O–H groups in total. The first kappa shape index (κ1) is 16.2. The van der Waals surface area contributed by atoms with E-state index in [1.54, 1.807) is 7.11 Å². The molecular formula is C14H24ClN5O. The molecule has 0 radical (unpaired) electrons. The lowest BCUT2D eigenvalue weighted by molar-refractivity contribution is 0.157. The highest BCUT2D eigenvalue weighted by Gasteiger charge is 2.20. The van der Waals surface area contributed by atoms with E-state index >= 15 is 0 Å². The van der Waals surface area contributed by atoms with Gasteiger partial charge >= 0.3 is 0 Å². The smallest absolute Gasteiger partial charge is 0.231 e. The van der Waals surface area contributed by atoms with Crippen molar-refractivity contribution in [2.24, 2.45) is 5.41 Å². The van der Waals surface area contributed by atoms with Crippen molar-refractivity contribution in [3.8, 4) is 0 Å². The maximum atomic E-state index is 6.01. The van der Waals surface area contributed by atoms with E-state index in [1.165, 1.54) is 12.8 Å². The van der Waals surface area contributed by atoms with Crippen LogP contribution in [-0.4, -0.2) is 48.3 Å². The number of nitrogens with zero attached hydrogens (tertiary/aromatic N) is 4. The van der Waals surface area contributed by atoms with E-state index in [0.717, 1.165) is 32.7 Å². The van der Waals surface area contributed by atoms with Gasteiger partial charge in [0.1, 0.15) is 0 Å². The molecule has 118 valence electrons. The maximum Gasteiger partial charge on any atom is 0.231 e. The highest BCUT2D eigenvalue weighted by molar-refractivity contribution is 6.28. The predicted octanol–water partition coefficient (Wildman–Crippen LogP) is 2.60. The van der Waals surface area contributed by atoms with Crippen LogP contribution in [0.25, 0.3) is 0 Å². The summed E-state index contributed by atoms with van der Waals surface area (Å²) >= 11 is 6.01. The van der Waals surface area contributed by atoms with Crippen LogP contribution in [0.4, 0.5) is 11.9 Å². The lowest BCUT2D eigenvalue weighted by atomic mass is 9.90. The zero-order valence-corrected chi connectivity index (χ0v) is 13.8. The Labute approximate surface area is 131 Å². The molecule has 0 saturated carbocycles. The molecule has 0 aromatic carbocycles. The monoisotopic (exact) mass is 313 g/mol. The van der Waals surface area contributed by atoms with E-state index in [1.807, 2.05) is 0 Å². The molecule has 1 aliphatic rings. The van der Waals surface area contributed by atoms with E-state index in [9.17, 15) is 0 Å². The van der Waals surface area contributed by atoms with Crippen LogP contribution in [0.5, 0.6) is 0 Å². The maximum absolute atomic E-state index is 6.01. The Balaban J connectivity index is 1.99. The third-order valence-electron chi connectivity index (χ3n) is 3.69. The molecule has 2 heterocycles. The van der Waals surface area contributed by atoms with Gasteiger partial charge in [0.2, 0.25) is 17.2 Å². The summed E-state index contributed by atoms with van der Waals surface area (Å²) < 4.78 is 5.14. The number of ether oxygens (including phenoxy) is 1. The van der Waals surface area contributed by atoms with E-state index < -0.39 is 0 Å². The van der Waals surface area contributed by atoms with Gasteiger partial charge in [-0.15, -0.1) is 0 Å². The molecule has 0 bridgehead atoms. The van der Waals surface area contributed by atoms with E-state index in [-0.39, 0.29) is 10.7 Å². The van der Waals surface area contributed by atoms with Crippen LogP contribution >= 0.6 is 11.6 Å². The Morgan fingerprint density at radius 3 is 2.62 bits per heavy atom. The van der Waals surface area contributed by atoms with Gasteiger partial charge in [0, 0.05) is 33.4 Å². The number of aromatic nitrogens is 3. The summed E-state index contributed by atoms with van der Waals surface area (Å²) in [5, 5.41) is 3.51. The van der Waals surface area contributed by atoms with Crippen molar-refractivity contribution in [2.45, 2.75) is 33.1 Å². The average Bonchev–Trinajstić information content (AvgIpc) is 2.97. The first-order valence-corrected chi connectivity index (χ1v) is 7.77. The molecule has 1 saturated heterocycles. The van der Waals surface area contributed by atoms with Gasteiger partial charge in [0.05, 0.1) is 0 Å². The number of nitrogens with one attached hydrogen (secondary N) is 1. The number of hydrogen-bond acceptors (Lipinski definition) is 6. The van der Waals surface area contributed by atoms with Gasteiger partial charge in [-0.3, -0.25) is 0 Å². The fraction of sp³-hybridized carbons (Fsp3) is 0.786. The van der Waals surface area contributed by atoms with Crippen LogP contribution in [-0.2, 0) is 4.74 Å². The number of methoxy groups -OCH3 is 1. The molecule has 0 spiro atoms. The Hall–Kier alpha value is -1.14. The lowest BCUT2D eigenvalue weighted by Gasteiger charge is -2.24. The molecule has 1 fully saturated rings. The molecule has 0 atom stereocenters. The van der Waals surface area contributed by atoms with Gasteiger partial charge in [0.25, 0.3) is 0 Å². The SMILES string of the molecule is COCCC(C)(C)CNc1nc(Cl)nc(N2CCCC2)n1. The summed E-state index contributed by atoms with van der Waals surface area (Å²) in [5.41, 5.74) is 0.100. The highest BCUT2D eigenvalue weighted by atomic mass is 35.5. The molecule has 0 amide bonds. The van der Waals surface area contributed by atoms with Gasteiger partial charge in [-0.2, -0.15) is 15.0 Å². The topological polar surface area (TPSA) is 63.2 Å². The van der Waals surface area contributed by atoms with Crippen LogP contribution in [0, 0.1) is 5.41 Å². The summed E-state index contributed by atoms with van der Waals surface area (Å²) in [6.07, 6.45) is 3.32. The summed E-state index contributed by atoms with van der Waals surface area (Å²) in [7, 11) is 1.72. The van der Waals surface area contributed by atoms with E-state index in [4.69, 9.17) is 16.3 Å². The minimum absolute atomic E-state index is 0.100. The molecule has 7 heteroatoms. The minimum atomic E-state index is 0.100. The number of anilines is 2. The summed E-state index contributed by atoms with van der Waals surface area (Å²) in [6.45, 7) is 7.84. The zero-order chi connectivity index (χ0) is 15.3. The van der Waals surface area contributed by atoms with Crippen molar-refractivity contribution >= 4 is 23.5 Å². The van der Waals surface area contributed by atoms with Crippen molar-refractivity contribution in [2.75, 3.05) is 43.6 Å². The molecule has 21 heavy (non-hydrogen) atoms. The van der Waals surface area contributed by atoms with Crippen LogP contribution in [0.15, 0.2) is 0 Å². The zero-order valence-electron chi connectivity index (χ0n) is 13.0. The van der Waals surface area contributed by atoms with Crippen molar-refractivity contribution in [3.63, 3.8) is 0 Å². The summed E-state index contributed by atoms with van der Waals surface area (Å²) in [6, 6.07) is 0. The third kappa shape index (κ3) is 4.97. The minimum Gasteiger partial charge on any atom is -0.385 e. The Bertz CT molecular complexity index is 463. The van der Waals surface area contributed by atoms with Crippen LogP contribution in [0.2, 0.25) is 5.28 Å². The van der Waals surface area contributed by atoms with Crippen molar-refractivity contribution in [3.05, 3.63) is 5.28 Å². The molecule has 0 unspecified atom stereocenters. The standard InChI is InChI=1S/C14H24ClN5O/c1-14(2,6-9-21-3)10-16-12-17-11(15)18-13(19-12)20-7-4-5-8-20/h4-10H2,1-3H3,(H,16,17,18,19). The molecule has 1 aromatic heterocycles. The lowest BCUT2D eigenvalue weighted by Crippen LogP contribution is -2.26. The van der Waals surface area contributed by atoms with Gasteiger partial charge < -0.3 is 15.0 Å². The van der Waals surface area contributed by atoms with E-state index in [0.29, 0.717) is 11.9 Å². The molecule has 2 rings (SSSR count). The molecule has 1 aromatic rings. The summed E-state index contributed by atoms with van der Waals surface area (Å²) in [4.78, 5) is 15.0. The second kappa shape index (κ2) is 7.22. The highest BCUT2D eigenvalue weighted by Crippen LogP contribution is 2.22. The first-order valence-electron chi connectivity index (χ1n) is 7.39. The Morgan fingerprint density at radius 2 is 1.95 bits per heavy atom. The molecule has 0 aliphatic carbocycles. The quantitative estimate of drug-likeness (QED) is 0.835. The van der Waals surface area contributed by atoms with Crippen LogP contribution in [0.3, 0.4) is 0 Å². The van der Waals surface area contributed by atoms with Crippen LogP contribution < -0.4 is 10.2 Å². The van der Waals surface area contributed by atoms with Crippen molar-refractivity contribution < 1.29 is 4.74 Å². The third-order valence-corrected chi connectivity index (χ3v) is 3.86. The van der Waals surface area contributed by atoms with Gasteiger partial charge in [-0.25, -0.2) is 0 Å². The van der Waals surface area contributed by atoms with Gasteiger partial charge in [-0.1, -0.05) is 13.8 Å². The van der Waals surface area contributed by atoms with Gasteiger partial charge in [0.15, 0.2) is 0 Å². The molecule has 1 aliphatic heterocycles. The predicted molar refractivity (Wildman–Crippen MR) is 85.0 cm³/mol. The first-order chi connectivity index (χ1) is 10.00. The molecule has 6 nitrogen and oxygen atoms in total. The van der Waals surface area contributed by atoms with Crippen molar-refractivity contribution in [1.82, 2.24) is 15.0 Å². The number of rotatable bonds is 7. The Morgan fingerprint density at radius 1 is 1.24 bits per heavy atom. The van der Waals surface area contributed by atoms with Crippen molar-refractivity contribution in [1.29, 1.82) is 0 Å². The molecular weight excluding hydrogens is 290 g/mol. The second-order valence-corrected chi connectivity index (χ2v) is 6.52. The van der Waals surface area contributed by atoms with E-state index in [2.05, 4.69) is 39.0 Å². The van der Waals surface area contributed by atoms with Crippen LogP contribution in [0.1, 0.15) is 33.1 Å². The average molecular weight is 314 g/mol. The normalized spacial score (nSPS) is 15.5. The Kier molecular flexibility index (Phi) is 5.58.